The minimum Gasteiger partial charge on any atom is -0.381 e. The molecule has 3 rings (SSSR count). The van der Waals surface area contributed by atoms with Crippen LogP contribution in [-0.2, 0) is 20.9 Å². The van der Waals surface area contributed by atoms with Crippen molar-refractivity contribution in [2.24, 2.45) is 0 Å². The summed E-state index contributed by atoms with van der Waals surface area (Å²) in [5.41, 5.74) is 0.763. The molecular weight excluding hydrogens is 485 g/mol. The first-order chi connectivity index (χ1) is 17.4. The molecule has 2 heterocycles. The van der Waals surface area contributed by atoms with Crippen LogP contribution in [0, 0.1) is 5.82 Å². The number of rotatable bonds is 12. The van der Waals surface area contributed by atoms with Crippen LogP contribution < -0.4 is 5.32 Å². The largest absolute Gasteiger partial charge is 0.381 e. The normalized spacial score (nSPS) is 20.6. The summed E-state index contributed by atoms with van der Waals surface area (Å²) in [7, 11) is 1.70. The van der Waals surface area contributed by atoms with E-state index in [9.17, 15) is 18.8 Å². The monoisotopic (exact) mass is 523 g/mol. The van der Waals surface area contributed by atoms with Crippen molar-refractivity contribution in [2.75, 3.05) is 51.9 Å². The molecule has 36 heavy (non-hydrogen) atoms. The molecule has 4 amide bonds. The van der Waals surface area contributed by atoms with Crippen LogP contribution in [0.15, 0.2) is 24.3 Å². The first kappa shape index (κ1) is 28.2. The van der Waals surface area contributed by atoms with Crippen molar-refractivity contribution in [3.8, 4) is 0 Å². The SMILES string of the molecule is CCCCOCCCN1C[C@H]2N(C(=O)CN(C)N2C(=O)NCc2ccc(F)cc2)[C@@H](CCSC)C1=O. The number of hydrazine groups is 1. The first-order valence-electron chi connectivity index (χ1n) is 12.6. The molecule has 9 nitrogen and oxygen atoms in total. The van der Waals surface area contributed by atoms with E-state index in [4.69, 9.17) is 4.74 Å². The van der Waals surface area contributed by atoms with Crippen LogP contribution >= 0.6 is 11.8 Å². The summed E-state index contributed by atoms with van der Waals surface area (Å²) in [5.74, 6) is 0.160. The standard InChI is InChI=1S/C25H38FN5O4S/c1-4-5-13-35-14-6-12-29-17-22-30(21(24(29)33)11-15-36-3)23(32)18-28(2)31(22)25(34)27-16-19-7-9-20(26)10-8-19/h7-10,21-22H,4-6,11-18H2,1-3H3,(H,27,34)/t21-,22-/m0/s1. The zero-order chi connectivity index (χ0) is 26.1. The number of benzene rings is 1. The number of carbonyl (C=O) groups excluding carboxylic acids is 3. The van der Waals surface area contributed by atoms with Gasteiger partial charge < -0.3 is 19.9 Å². The van der Waals surface area contributed by atoms with Gasteiger partial charge in [-0.2, -0.15) is 11.8 Å². The van der Waals surface area contributed by atoms with Gasteiger partial charge in [0, 0.05) is 33.4 Å². The molecule has 2 fully saturated rings. The second kappa shape index (κ2) is 13.8. The van der Waals surface area contributed by atoms with Crippen LogP contribution in [0.4, 0.5) is 9.18 Å². The van der Waals surface area contributed by atoms with Crippen LogP contribution in [0.3, 0.4) is 0 Å². The van der Waals surface area contributed by atoms with Gasteiger partial charge in [-0.15, -0.1) is 0 Å². The van der Waals surface area contributed by atoms with Gasteiger partial charge in [0.25, 0.3) is 0 Å². The highest BCUT2D eigenvalue weighted by Crippen LogP contribution is 2.28. The number of amides is 4. The van der Waals surface area contributed by atoms with Gasteiger partial charge in [-0.05, 0) is 49.0 Å². The van der Waals surface area contributed by atoms with E-state index in [1.54, 1.807) is 45.8 Å². The van der Waals surface area contributed by atoms with Crippen LogP contribution in [0.2, 0.25) is 0 Å². The molecule has 0 aromatic heterocycles. The Kier molecular flexibility index (Phi) is 10.8. The van der Waals surface area contributed by atoms with E-state index in [0.29, 0.717) is 32.6 Å². The molecule has 0 unspecified atom stereocenters. The summed E-state index contributed by atoms with van der Waals surface area (Å²) in [5, 5.41) is 6.02. The molecule has 11 heteroatoms. The lowest BCUT2D eigenvalue weighted by atomic mass is 10.0. The third kappa shape index (κ3) is 7.10. The number of likely N-dealkylation sites (N-methyl/N-ethyl adjacent to an activating group) is 1. The number of ether oxygens (including phenoxy) is 1. The van der Waals surface area contributed by atoms with E-state index in [1.165, 1.54) is 17.1 Å². The number of fused-ring (bicyclic) bond motifs is 1. The Balaban J connectivity index is 1.74. The van der Waals surface area contributed by atoms with E-state index >= 15 is 0 Å². The van der Waals surface area contributed by atoms with Crippen molar-refractivity contribution < 1.29 is 23.5 Å². The van der Waals surface area contributed by atoms with Gasteiger partial charge in [-0.25, -0.2) is 19.2 Å². The zero-order valence-corrected chi connectivity index (χ0v) is 22.3. The first-order valence-corrected chi connectivity index (χ1v) is 14.0. The molecule has 2 aliphatic heterocycles. The second-order valence-corrected chi connectivity index (χ2v) is 10.1. The number of thioether (sulfide) groups is 1. The summed E-state index contributed by atoms with van der Waals surface area (Å²) in [6.45, 7) is 4.36. The maximum atomic E-state index is 13.4. The van der Waals surface area contributed by atoms with Crippen molar-refractivity contribution in [1.29, 1.82) is 0 Å². The Hall–Kier alpha value is -2.37. The highest BCUT2D eigenvalue weighted by Gasteiger charge is 2.50. The molecule has 0 bridgehead atoms. The van der Waals surface area contributed by atoms with Crippen LogP contribution in [0.25, 0.3) is 0 Å². The molecule has 0 saturated carbocycles. The summed E-state index contributed by atoms with van der Waals surface area (Å²) in [4.78, 5) is 43.2. The third-order valence-electron chi connectivity index (χ3n) is 6.46. The number of halogens is 1. The number of hydrogen-bond donors (Lipinski definition) is 1. The van der Waals surface area contributed by atoms with Crippen LogP contribution in [0.5, 0.6) is 0 Å². The van der Waals surface area contributed by atoms with E-state index < -0.39 is 12.2 Å². The molecule has 1 aromatic carbocycles. The fraction of sp³-hybridized carbons (Fsp3) is 0.640. The van der Waals surface area contributed by atoms with Gasteiger partial charge in [0.05, 0.1) is 13.1 Å². The Morgan fingerprint density at radius 2 is 1.92 bits per heavy atom. The summed E-state index contributed by atoms with van der Waals surface area (Å²) < 4.78 is 18.9. The third-order valence-corrected chi connectivity index (χ3v) is 7.10. The van der Waals surface area contributed by atoms with Gasteiger partial charge in [-0.3, -0.25) is 9.59 Å². The highest BCUT2D eigenvalue weighted by molar-refractivity contribution is 7.98. The van der Waals surface area contributed by atoms with Gasteiger partial charge in [0.1, 0.15) is 18.0 Å². The maximum absolute atomic E-state index is 13.4. The zero-order valence-electron chi connectivity index (χ0n) is 21.5. The van der Waals surface area contributed by atoms with Gasteiger partial charge >= 0.3 is 6.03 Å². The minimum absolute atomic E-state index is 0.00871. The Labute approximate surface area is 217 Å². The van der Waals surface area contributed by atoms with E-state index in [0.717, 1.165) is 24.2 Å². The highest BCUT2D eigenvalue weighted by atomic mass is 32.2. The van der Waals surface area contributed by atoms with Crippen molar-refractivity contribution in [1.82, 2.24) is 25.1 Å². The fourth-order valence-corrected chi connectivity index (χ4v) is 5.04. The smallest absolute Gasteiger partial charge is 0.334 e. The van der Waals surface area contributed by atoms with Crippen molar-refractivity contribution in [3.63, 3.8) is 0 Å². The summed E-state index contributed by atoms with van der Waals surface area (Å²) >= 11 is 1.62. The van der Waals surface area contributed by atoms with Crippen LogP contribution in [-0.4, -0.2) is 102 Å². The lowest BCUT2D eigenvalue weighted by Crippen LogP contribution is -2.76. The van der Waals surface area contributed by atoms with E-state index in [1.807, 2.05) is 6.26 Å². The Morgan fingerprint density at radius 1 is 1.19 bits per heavy atom. The van der Waals surface area contributed by atoms with Crippen molar-refractivity contribution in [2.45, 2.75) is 51.4 Å². The molecule has 1 aromatic rings. The number of urea groups is 1. The van der Waals surface area contributed by atoms with Crippen molar-refractivity contribution >= 4 is 29.6 Å². The average Bonchev–Trinajstić information content (AvgIpc) is 2.85. The van der Waals surface area contributed by atoms with Crippen LogP contribution in [0.1, 0.15) is 38.2 Å². The summed E-state index contributed by atoms with van der Waals surface area (Å²) in [6, 6.07) is 4.96. The molecule has 2 atom stereocenters. The molecule has 0 aliphatic carbocycles. The minimum atomic E-state index is -0.606. The lowest BCUT2D eigenvalue weighted by molar-refractivity contribution is -0.187. The van der Waals surface area contributed by atoms with Gasteiger partial charge in [0.15, 0.2) is 0 Å². The molecule has 2 aliphatic rings. The maximum Gasteiger partial charge on any atom is 0.334 e. The van der Waals surface area contributed by atoms with Crippen molar-refractivity contribution in [3.05, 3.63) is 35.6 Å². The van der Waals surface area contributed by atoms with Gasteiger partial charge in [-0.1, -0.05) is 25.5 Å². The van der Waals surface area contributed by atoms with E-state index in [2.05, 4.69) is 12.2 Å². The van der Waals surface area contributed by atoms with Gasteiger partial charge in [0.2, 0.25) is 11.8 Å². The number of piperazine rings is 1. The average molecular weight is 524 g/mol. The molecule has 0 radical (unpaired) electrons. The molecule has 200 valence electrons. The predicted octanol–water partition coefficient (Wildman–Crippen LogP) is 2.52. The molecular formula is C25H38FN5O4S. The topological polar surface area (TPSA) is 85.4 Å². The predicted molar refractivity (Wildman–Crippen MR) is 137 cm³/mol. The number of nitrogens with one attached hydrogen (secondary N) is 1. The van der Waals surface area contributed by atoms with E-state index in [-0.39, 0.29) is 43.3 Å². The number of carbonyl (C=O) groups is 3. The number of nitrogens with zero attached hydrogens (tertiary/aromatic N) is 4. The molecule has 2 saturated heterocycles. The summed E-state index contributed by atoms with van der Waals surface area (Å²) in [6.07, 6.45) is 4.66. The molecule has 1 N–H and O–H groups in total. The Morgan fingerprint density at radius 3 is 2.61 bits per heavy atom. The second-order valence-electron chi connectivity index (χ2n) is 9.13. The fourth-order valence-electron chi connectivity index (χ4n) is 4.58. The number of hydrogen-bond acceptors (Lipinski definition) is 6. The number of unbranched alkanes of at least 4 members (excludes halogenated alkanes) is 1. The lowest BCUT2D eigenvalue weighted by Gasteiger charge is -2.54. The quantitative estimate of drug-likeness (QED) is 0.424. The molecule has 0 spiro atoms. The Bertz CT molecular complexity index is 890.